The summed E-state index contributed by atoms with van der Waals surface area (Å²) in [7, 11) is 0. The summed E-state index contributed by atoms with van der Waals surface area (Å²) < 4.78 is 5.52. The first-order chi connectivity index (χ1) is 7.16. The van der Waals surface area contributed by atoms with Crippen LogP contribution in [0.25, 0.3) is 0 Å². The lowest BCUT2D eigenvalue weighted by Gasteiger charge is -2.27. The molecule has 0 bridgehead atoms. The van der Waals surface area contributed by atoms with Crippen molar-refractivity contribution in [1.29, 1.82) is 0 Å². The molecule has 1 N–H and O–H groups in total. The third kappa shape index (κ3) is 2.07. The highest BCUT2D eigenvalue weighted by atomic mass is 16.6. The van der Waals surface area contributed by atoms with Crippen molar-refractivity contribution >= 4 is 5.69 Å². The van der Waals surface area contributed by atoms with Crippen molar-refractivity contribution < 1.29 is 9.66 Å². The van der Waals surface area contributed by atoms with Crippen molar-refractivity contribution in [1.82, 2.24) is 5.32 Å². The number of aryl methyl sites for hydroxylation is 1. The van der Waals surface area contributed by atoms with Crippen LogP contribution in [-0.4, -0.2) is 24.1 Å². The summed E-state index contributed by atoms with van der Waals surface area (Å²) >= 11 is 0. The third-order valence-corrected chi connectivity index (χ3v) is 2.35. The van der Waals surface area contributed by atoms with E-state index in [-0.39, 0.29) is 11.8 Å². The minimum absolute atomic E-state index is 0.0347. The number of hydrogen-bond donors (Lipinski definition) is 1. The monoisotopic (exact) mass is 208 g/mol. The highest BCUT2D eigenvalue weighted by Gasteiger charge is 2.23. The van der Waals surface area contributed by atoms with E-state index in [1.165, 1.54) is 6.07 Å². The van der Waals surface area contributed by atoms with Crippen molar-refractivity contribution in [2.75, 3.05) is 13.1 Å². The lowest BCUT2D eigenvalue weighted by atomic mass is 10.2. The Labute approximate surface area is 87.2 Å². The molecule has 0 spiro atoms. The SMILES string of the molecule is Cc1ccc([N+](=O)[O-])c(OC2CNC2)c1. The van der Waals surface area contributed by atoms with Gasteiger partial charge in [0.15, 0.2) is 5.75 Å². The first-order valence-electron chi connectivity index (χ1n) is 4.79. The molecular weight excluding hydrogens is 196 g/mol. The van der Waals surface area contributed by atoms with E-state index in [2.05, 4.69) is 5.32 Å². The first-order valence-corrected chi connectivity index (χ1v) is 4.79. The van der Waals surface area contributed by atoms with Crippen LogP contribution in [0.2, 0.25) is 0 Å². The number of nitro benzene ring substituents is 1. The summed E-state index contributed by atoms with van der Waals surface area (Å²) in [5, 5.41) is 13.8. The summed E-state index contributed by atoms with van der Waals surface area (Å²) in [4.78, 5) is 10.3. The van der Waals surface area contributed by atoms with Gasteiger partial charge in [0.1, 0.15) is 6.10 Å². The molecule has 5 heteroatoms. The Morgan fingerprint density at radius 1 is 1.53 bits per heavy atom. The van der Waals surface area contributed by atoms with Crippen LogP contribution >= 0.6 is 0 Å². The molecule has 15 heavy (non-hydrogen) atoms. The van der Waals surface area contributed by atoms with E-state index in [0.29, 0.717) is 5.75 Å². The molecule has 0 aromatic heterocycles. The molecule has 0 atom stereocenters. The summed E-state index contributed by atoms with van der Waals surface area (Å²) in [6, 6.07) is 4.90. The molecule has 0 saturated carbocycles. The zero-order valence-corrected chi connectivity index (χ0v) is 8.40. The fourth-order valence-corrected chi connectivity index (χ4v) is 1.39. The molecule has 0 aliphatic carbocycles. The fourth-order valence-electron chi connectivity index (χ4n) is 1.39. The van der Waals surface area contributed by atoms with Gasteiger partial charge in [0, 0.05) is 19.2 Å². The topological polar surface area (TPSA) is 64.4 Å². The quantitative estimate of drug-likeness (QED) is 0.599. The maximum atomic E-state index is 10.7. The second-order valence-corrected chi connectivity index (χ2v) is 3.63. The first kappa shape index (κ1) is 9.92. The van der Waals surface area contributed by atoms with Crippen molar-refractivity contribution in [3.05, 3.63) is 33.9 Å². The number of rotatable bonds is 3. The van der Waals surface area contributed by atoms with Crippen molar-refractivity contribution in [3.8, 4) is 5.75 Å². The van der Waals surface area contributed by atoms with Crippen LogP contribution < -0.4 is 10.1 Å². The summed E-state index contributed by atoms with van der Waals surface area (Å²) in [5.41, 5.74) is 0.996. The second kappa shape index (κ2) is 3.86. The maximum absolute atomic E-state index is 10.7. The number of ether oxygens (including phenoxy) is 1. The predicted molar refractivity (Wildman–Crippen MR) is 55.1 cm³/mol. The second-order valence-electron chi connectivity index (χ2n) is 3.63. The molecule has 5 nitrogen and oxygen atoms in total. The van der Waals surface area contributed by atoms with E-state index < -0.39 is 4.92 Å². The molecule has 0 unspecified atom stereocenters. The van der Waals surface area contributed by atoms with Crippen LogP contribution in [0.4, 0.5) is 5.69 Å². The van der Waals surface area contributed by atoms with Gasteiger partial charge in [0.2, 0.25) is 0 Å². The highest BCUT2D eigenvalue weighted by Crippen LogP contribution is 2.28. The summed E-state index contributed by atoms with van der Waals surface area (Å²) in [6.45, 7) is 3.39. The van der Waals surface area contributed by atoms with Gasteiger partial charge in [0.25, 0.3) is 0 Å². The van der Waals surface area contributed by atoms with Crippen LogP contribution in [-0.2, 0) is 0 Å². The van der Waals surface area contributed by atoms with Crippen LogP contribution in [0.3, 0.4) is 0 Å². The third-order valence-electron chi connectivity index (χ3n) is 2.35. The number of nitrogens with one attached hydrogen (secondary N) is 1. The highest BCUT2D eigenvalue weighted by molar-refractivity contribution is 5.48. The molecule has 80 valence electrons. The van der Waals surface area contributed by atoms with Crippen LogP contribution in [0.5, 0.6) is 5.75 Å². The van der Waals surface area contributed by atoms with E-state index in [1.807, 2.05) is 6.92 Å². The minimum atomic E-state index is -0.416. The van der Waals surface area contributed by atoms with E-state index in [4.69, 9.17) is 4.74 Å². The van der Waals surface area contributed by atoms with Crippen LogP contribution in [0, 0.1) is 17.0 Å². The van der Waals surface area contributed by atoms with Crippen LogP contribution in [0.15, 0.2) is 18.2 Å². The van der Waals surface area contributed by atoms with Gasteiger partial charge in [-0.15, -0.1) is 0 Å². The van der Waals surface area contributed by atoms with Gasteiger partial charge in [0.05, 0.1) is 4.92 Å². The zero-order valence-electron chi connectivity index (χ0n) is 8.40. The van der Waals surface area contributed by atoms with Gasteiger partial charge in [-0.1, -0.05) is 6.07 Å². The largest absolute Gasteiger partial charge is 0.481 e. The smallest absolute Gasteiger partial charge is 0.310 e. The Bertz CT molecular complexity index is 388. The Hall–Kier alpha value is -1.62. The number of nitro groups is 1. The molecule has 1 heterocycles. The molecule has 1 aromatic rings. The number of hydrogen-bond acceptors (Lipinski definition) is 4. The average Bonchev–Trinajstić information content (AvgIpc) is 2.11. The van der Waals surface area contributed by atoms with Crippen LogP contribution in [0.1, 0.15) is 5.56 Å². The normalized spacial score (nSPS) is 15.8. The van der Waals surface area contributed by atoms with E-state index in [0.717, 1.165) is 18.7 Å². The van der Waals surface area contributed by atoms with Gasteiger partial charge in [-0.2, -0.15) is 0 Å². The van der Waals surface area contributed by atoms with Gasteiger partial charge in [-0.05, 0) is 18.6 Å². The Morgan fingerprint density at radius 3 is 2.80 bits per heavy atom. The maximum Gasteiger partial charge on any atom is 0.310 e. The Morgan fingerprint density at radius 2 is 2.27 bits per heavy atom. The number of nitrogens with zero attached hydrogens (tertiary/aromatic N) is 1. The van der Waals surface area contributed by atoms with E-state index in [1.54, 1.807) is 12.1 Å². The Kier molecular flexibility index (Phi) is 2.55. The van der Waals surface area contributed by atoms with E-state index >= 15 is 0 Å². The van der Waals surface area contributed by atoms with Gasteiger partial charge in [-0.25, -0.2) is 0 Å². The molecular formula is C10H12N2O3. The molecule has 0 amide bonds. The lowest BCUT2D eigenvalue weighted by Crippen LogP contribution is -2.50. The Balaban J connectivity index is 2.24. The molecule has 1 aliphatic rings. The van der Waals surface area contributed by atoms with Crippen molar-refractivity contribution in [3.63, 3.8) is 0 Å². The van der Waals surface area contributed by atoms with Gasteiger partial charge >= 0.3 is 5.69 Å². The standard InChI is InChI=1S/C10H12N2O3/c1-7-2-3-9(12(13)14)10(4-7)15-8-5-11-6-8/h2-4,8,11H,5-6H2,1H3. The molecule has 2 rings (SSSR count). The molecule has 1 fully saturated rings. The number of benzene rings is 1. The minimum Gasteiger partial charge on any atom is -0.481 e. The summed E-state index contributed by atoms with van der Waals surface area (Å²) in [6.07, 6.45) is 0.0606. The van der Waals surface area contributed by atoms with E-state index in [9.17, 15) is 10.1 Å². The molecule has 1 aliphatic heterocycles. The predicted octanol–water partition coefficient (Wildman–Crippen LogP) is 1.25. The summed E-state index contributed by atoms with van der Waals surface area (Å²) in [5.74, 6) is 0.367. The zero-order chi connectivity index (χ0) is 10.8. The molecule has 1 aromatic carbocycles. The molecule has 0 radical (unpaired) electrons. The van der Waals surface area contributed by atoms with Crippen molar-refractivity contribution in [2.45, 2.75) is 13.0 Å². The van der Waals surface area contributed by atoms with Gasteiger partial charge < -0.3 is 10.1 Å². The van der Waals surface area contributed by atoms with Gasteiger partial charge in [-0.3, -0.25) is 10.1 Å². The lowest BCUT2D eigenvalue weighted by molar-refractivity contribution is -0.386. The fraction of sp³-hybridized carbons (Fsp3) is 0.400. The van der Waals surface area contributed by atoms with Crippen molar-refractivity contribution in [2.24, 2.45) is 0 Å². The molecule has 1 saturated heterocycles. The average molecular weight is 208 g/mol.